The van der Waals surface area contributed by atoms with Crippen LogP contribution in [-0.2, 0) is 14.6 Å². The zero-order chi connectivity index (χ0) is 19.8. The van der Waals surface area contributed by atoms with Gasteiger partial charge in [0.2, 0.25) is 14.9 Å². The highest BCUT2D eigenvalue weighted by molar-refractivity contribution is 7.91. The third-order valence-electron chi connectivity index (χ3n) is 4.84. The fourth-order valence-electron chi connectivity index (χ4n) is 3.27. The fourth-order valence-corrected chi connectivity index (χ4v) is 4.67. The average molecular weight is 406 g/mol. The molecule has 6 heteroatoms. The largest absolute Gasteiger partial charge is 0.491 e. The maximum absolute atomic E-state index is 13.4. The van der Waals surface area contributed by atoms with Gasteiger partial charge in [0.15, 0.2) is 0 Å². The Hall–Kier alpha value is -3.09. The minimum atomic E-state index is -3.86. The van der Waals surface area contributed by atoms with Crippen LogP contribution in [0.1, 0.15) is 0 Å². The number of para-hydroxylation sites is 1. The van der Waals surface area contributed by atoms with E-state index in [0.29, 0.717) is 30.1 Å². The standard InChI is InChI=1S/C23H18O5S/c24-29(25,19-12-10-17(11-13-19)26-14-18-15-27-18)23-22(16-6-2-1-3-7-16)20-8-4-5-9-21(20)28-23/h1-13,18H,14-15H2. The molecule has 2 heterocycles. The highest BCUT2D eigenvalue weighted by atomic mass is 32.2. The van der Waals surface area contributed by atoms with E-state index in [1.807, 2.05) is 48.5 Å². The number of epoxide rings is 1. The second-order valence-corrected chi connectivity index (χ2v) is 8.72. The molecule has 1 aromatic heterocycles. The summed E-state index contributed by atoms with van der Waals surface area (Å²) in [6.07, 6.45) is 0.141. The second-order valence-electron chi connectivity index (χ2n) is 6.87. The van der Waals surface area contributed by atoms with Crippen molar-refractivity contribution in [3.05, 3.63) is 78.9 Å². The molecule has 146 valence electrons. The molecule has 1 saturated heterocycles. The summed E-state index contributed by atoms with van der Waals surface area (Å²) in [5.74, 6) is 0.604. The molecule has 1 fully saturated rings. The van der Waals surface area contributed by atoms with Crippen LogP contribution >= 0.6 is 0 Å². The van der Waals surface area contributed by atoms with Crippen molar-refractivity contribution in [1.29, 1.82) is 0 Å². The monoisotopic (exact) mass is 406 g/mol. The van der Waals surface area contributed by atoms with Gasteiger partial charge in [0.25, 0.3) is 0 Å². The zero-order valence-corrected chi connectivity index (χ0v) is 16.3. The van der Waals surface area contributed by atoms with Crippen LogP contribution in [0, 0.1) is 0 Å². The Balaban J connectivity index is 1.59. The Labute approximate surface area is 168 Å². The third-order valence-corrected chi connectivity index (χ3v) is 6.51. The van der Waals surface area contributed by atoms with E-state index in [0.717, 1.165) is 10.9 Å². The van der Waals surface area contributed by atoms with Crippen molar-refractivity contribution in [2.24, 2.45) is 0 Å². The summed E-state index contributed by atoms with van der Waals surface area (Å²) in [5.41, 5.74) is 1.90. The first-order valence-electron chi connectivity index (χ1n) is 9.29. The van der Waals surface area contributed by atoms with Crippen LogP contribution in [-0.4, -0.2) is 27.7 Å². The molecule has 1 aliphatic rings. The summed E-state index contributed by atoms with van der Waals surface area (Å²) in [6, 6.07) is 23.1. The average Bonchev–Trinajstić information content (AvgIpc) is 3.50. The van der Waals surface area contributed by atoms with Gasteiger partial charge >= 0.3 is 0 Å². The number of fused-ring (bicyclic) bond motifs is 1. The van der Waals surface area contributed by atoms with Crippen LogP contribution in [0.3, 0.4) is 0 Å². The molecule has 3 aromatic carbocycles. The normalized spacial score (nSPS) is 16.1. The van der Waals surface area contributed by atoms with Crippen LogP contribution in [0.15, 0.2) is 93.3 Å². The lowest BCUT2D eigenvalue weighted by atomic mass is 10.1. The highest BCUT2D eigenvalue weighted by Gasteiger charge is 2.29. The SMILES string of the molecule is O=S(=O)(c1ccc(OCC2CO2)cc1)c1oc2ccccc2c1-c1ccccc1. The Bertz CT molecular complexity index is 1250. The molecule has 0 bridgehead atoms. The van der Waals surface area contributed by atoms with Gasteiger partial charge in [0.05, 0.1) is 11.5 Å². The van der Waals surface area contributed by atoms with Gasteiger partial charge < -0.3 is 13.9 Å². The molecule has 4 aromatic rings. The lowest BCUT2D eigenvalue weighted by molar-refractivity contribution is 0.263. The number of furan rings is 1. The highest BCUT2D eigenvalue weighted by Crippen LogP contribution is 2.39. The van der Waals surface area contributed by atoms with Crippen LogP contribution < -0.4 is 4.74 Å². The summed E-state index contributed by atoms with van der Waals surface area (Å²) in [6.45, 7) is 1.18. The van der Waals surface area contributed by atoms with Gasteiger partial charge in [0.1, 0.15) is 24.0 Å². The van der Waals surface area contributed by atoms with E-state index in [2.05, 4.69) is 0 Å². The number of hydrogen-bond donors (Lipinski definition) is 0. The van der Waals surface area contributed by atoms with E-state index in [9.17, 15) is 8.42 Å². The Morgan fingerprint density at radius 3 is 2.31 bits per heavy atom. The number of benzene rings is 3. The van der Waals surface area contributed by atoms with Gasteiger partial charge in [-0.25, -0.2) is 8.42 Å². The van der Waals surface area contributed by atoms with E-state index in [-0.39, 0.29) is 16.1 Å². The van der Waals surface area contributed by atoms with Gasteiger partial charge in [-0.15, -0.1) is 0 Å². The van der Waals surface area contributed by atoms with Gasteiger partial charge in [-0.3, -0.25) is 0 Å². The van der Waals surface area contributed by atoms with Crippen molar-refractivity contribution in [2.45, 2.75) is 16.1 Å². The molecule has 1 unspecified atom stereocenters. The van der Waals surface area contributed by atoms with E-state index >= 15 is 0 Å². The lowest BCUT2D eigenvalue weighted by Gasteiger charge is -2.07. The molecule has 0 saturated carbocycles. The smallest absolute Gasteiger partial charge is 0.240 e. The topological polar surface area (TPSA) is 69.0 Å². The van der Waals surface area contributed by atoms with Crippen molar-refractivity contribution < 1.29 is 22.3 Å². The zero-order valence-electron chi connectivity index (χ0n) is 15.4. The molecule has 0 spiro atoms. The Kier molecular flexibility index (Phi) is 4.38. The molecular formula is C23H18O5S. The third kappa shape index (κ3) is 3.41. The van der Waals surface area contributed by atoms with Crippen LogP contribution in [0.5, 0.6) is 5.75 Å². The van der Waals surface area contributed by atoms with Crippen LogP contribution in [0.2, 0.25) is 0 Å². The first kappa shape index (κ1) is 18.0. The number of ether oxygens (including phenoxy) is 2. The van der Waals surface area contributed by atoms with Gasteiger partial charge in [-0.05, 0) is 35.9 Å². The van der Waals surface area contributed by atoms with Crippen molar-refractivity contribution in [1.82, 2.24) is 0 Å². The van der Waals surface area contributed by atoms with E-state index in [1.54, 1.807) is 30.3 Å². The molecule has 29 heavy (non-hydrogen) atoms. The summed E-state index contributed by atoms with van der Waals surface area (Å²) in [5, 5.41) is 0.714. The van der Waals surface area contributed by atoms with Crippen molar-refractivity contribution >= 4 is 20.8 Å². The summed E-state index contributed by atoms with van der Waals surface area (Å²) in [7, 11) is -3.86. The second kappa shape index (κ2) is 7.06. The predicted octanol–water partition coefficient (Wildman–Crippen LogP) is 4.71. The fraction of sp³-hybridized carbons (Fsp3) is 0.130. The summed E-state index contributed by atoms with van der Waals surface area (Å²) >= 11 is 0. The Morgan fingerprint density at radius 2 is 1.59 bits per heavy atom. The molecule has 0 amide bonds. The summed E-state index contributed by atoms with van der Waals surface area (Å²) in [4.78, 5) is 0.156. The predicted molar refractivity (Wildman–Crippen MR) is 109 cm³/mol. The Morgan fingerprint density at radius 1 is 0.897 bits per heavy atom. The molecule has 0 radical (unpaired) electrons. The van der Waals surface area contributed by atoms with Crippen molar-refractivity contribution in [3.8, 4) is 16.9 Å². The lowest BCUT2D eigenvalue weighted by Crippen LogP contribution is -2.05. The minimum absolute atomic E-state index is 0.0510. The van der Waals surface area contributed by atoms with E-state index in [4.69, 9.17) is 13.9 Å². The van der Waals surface area contributed by atoms with Crippen LogP contribution in [0.4, 0.5) is 0 Å². The van der Waals surface area contributed by atoms with E-state index in [1.165, 1.54) is 0 Å². The van der Waals surface area contributed by atoms with Crippen molar-refractivity contribution in [3.63, 3.8) is 0 Å². The molecule has 5 nitrogen and oxygen atoms in total. The van der Waals surface area contributed by atoms with Gasteiger partial charge in [-0.1, -0.05) is 48.5 Å². The molecule has 1 atom stereocenters. The number of rotatable bonds is 6. The van der Waals surface area contributed by atoms with E-state index < -0.39 is 9.84 Å². The maximum Gasteiger partial charge on any atom is 0.240 e. The molecular weight excluding hydrogens is 388 g/mol. The van der Waals surface area contributed by atoms with Crippen molar-refractivity contribution in [2.75, 3.05) is 13.2 Å². The summed E-state index contributed by atoms with van der Waals surface area (Å²) < 4.78 is 43.4. The number of hydrogen-bond acceptors (Lipinski definition) is 5. The number of sulfone groups is 1. The van der Waals surface area contributed by atoms with Gasteiger partial charge in [-0.2, -0.15) is 0 Å². The molecule has 1 aliphatic heterocycles. The van der Waals surface area contributed by atoms with Gasteiger partial charge in [0, 0.05) is 10.9 Å². The maximum atomic E-state index is 13.4. The first-order chi connectivity index (χ1) is 14.1. The molecule has 0 N–H and O–H groups in total. The molecule has 0 aliphatic carbocycles. The minimum Gasteiger partial charge on any atom is -0.491 e. The first-order valence-corrected chi connectivity index (χ1v) is 10.8. The molecule has 5 rings (SSSR count). The van der Waals surface area contributed by atoms with Crippen LogP contribution in [0.25, 0.3) is 22.1 Å². The quantitative estimate of drug-likeness (QED) is 0.434.